The maximum absolute atomic E-state index is 9.15. The number of hydrogen-bond donors (Lipinski definition) is 3. The fourth-order valence-electron chi connectivity index (χ4n) is 1.18. The van der Waals surface area contributed by atoms with Crippen molar-refractivity contribution in [2.24, 2.45) is 5.16 Å². The zero-order valence-electron chi connectivity index (χ0n) is 9.00. The van der Waals surface area contributed by atoms with Crippen LogP contribution < -0.4 is 4.74 Å². The van der Waals surface area contributed by atoms with Gasteiger partial charge in [0.05, 0.1) is 12.3 Å². The van der Waals surface area contributed by atoms with E-state index in [9.17, 15) is 0 Å². The topological polar surface area (TPSA) is 82.3 Å². The van der Waals surface area contributed by atoms with Crippen LogP contribution in [-0.4, -0.2) is 40.4 Å². The first-order chi connectivity index (χ1) is 7.69. The van der Waals surface area contributed by atoms with Crippen LogP contribution in [0.15, 0.2) is 29.4 Å². The number of benzene rings is 1. The number of aliphatic hydroxyl groups excluding tert-OH is 2. The molecule has 0 aliphatic rings. The predicted octanol–water partition coefficient (Wildman–Crippen LogP) is 0.617. The van der Waals surface area contributed by atoms with E-state index in [-0.39, 0.29) is 13.2 Å². The SMILES string of the molecule is C/C(=N/O)c1ccccc1OCC(O)CO. The van der Waals surface area contributed by atoms with Crippen LogP contribution in [0.3, 0.4) is 0 Å². The zero-order chi connectivity index (χ0) is 12.0. The van der Waals surface area contributed by atoms with Crippen molar-refractivity contribution in [2.75, 3.05) is 13.2 Å². The standard InChI is InChI=1S/C11H15NO4/c1-8(12-15)10-4-2-3-5-11(10)16-7-9(14)6-13/h2-5,9,13-15H,6-7H2,1H3/b12-8-. The van der Waals surface area contributed by atoms with Crippen molar-refractivity contribution >= 4 is 5.71 Å². The molecule has 1 aromatic rings. The molecule has 0 amide bonds. The Bertz CT molecular complexity index is 365. The second-order valence-corrected chi connectivity index (χ2v) is 3.33. The van der Waals surface area contributed by atoms with E-state index < -0.39 is 6.10 Å². The van der Waals surface area contributed by atoms with Gasteiger partial charge in [0.1, 0.15) is 18.5 Å². The van der Waals surface area contributed by atoms with Crippen LogP contribution in [0.1, 0.15) is 12.5 Å². The predicted molar refractivity (Wildman–Crippen MR) is 59.0 cm³/mol. The third kappa shape index (κ3) is 3.22. The Morgan fingerprint density at radius 2 is 2.12 bits per heavy atom. The summed E-state index contributed by atoms with van der Waals surface area (Å²) >= 11 is 0. The minimum atomic E-state index is -0.917. The molecule has 1 unspecified atom stereocenters. The van der Waals surface area contributed by atoms with Crippen LogP contribution in [0, 0.1) is 0 Å². The molecular formula is C11H15NO4. The molecule has 1 atom stereocenters. The summed E-state index contributed by atoms with van der Waals surface area (Å²) in [6, 6.07) is 7.01. The zero-order valence-corrected chi connectivity index (χ0v) is 9.00. The van der Waals surface area contributed by atoms with Crippen molar-refractivity contribution in [3.63, 3.8) is 0 Å². The summed E-state index contributed by atoms with van der Waals surface area (Å²) in [5.74, 6) is 0.505. The molecule has 0 saturated carbocycles. The van der Waals surface area contributed by atoms with Crippen LogP contribution in [0.25, 0.3) is 0 Å². The Kier molecular flexibility index (Phi) is 4.75. The van der Waals surface area contributed by atoms with Gasteiger partial charge in [-0.05, 0) is 19.1 Å². The molecular weight excluding hydrogens is 210 g/mol. The number of hydrogen-bond acceptors (Lipinski definition) is 5. The second kappa shape index (κ2) is 6.09. The van der Waals surface area contributed by atoms with Gasteiger partial charge in [-0.15, -0.1) is 0 Å². The second-order valence-electron chi connectivity index (χ2n) is 3.33. The van der Waals surface area contributed by atoms with Crippen molar-refractivity contribution in [1.82, 2.24) is 0 Å². The molecule has 0 aromatic heterocycles. The number of ether oxygens (including phenoxy) is 1. The lowest BCUT2D eigenvalue weighted by molar-refractivity contribution is 0.0535. The molecule has 0 spiro atoms. The number of rotatable bonds is 5. The molecule has 0 aliphatic carbocycles. The third-order valence-corrected chi connectivity index (χ3v) is 2.07. The molecule has 0 bridgehead atoms. The average Bonchev–Trinajstić information content (AvgIpc) is 2.35. The molecule has 1 rings (SSSR count). The monoisotopic (exact) mass is 225 g/mol. The normalized spacial score (nSPS) is 13.6. The average molecular weight is 225 g/mol. The molecule has 5 nitrogen and oxygen atoms in total. The lowest BCUT2D eigenvalue weighted by atomic mass is 10.1. The molecule has 0 saturated heterocycles. The summed E-state index contributed by atoms with van der Waals surface area (Å²) < 4.78 is 5.31. The Hall–Kier alpha value is -1.59. The third-order valence-electron chi connectivity index (χ3n) is 2.07. The van der Waals surface area contributed by atoms with Gasteiger partial charge in [-0.1, -0.05) is 17.3 Å². The van der Waals surface area contributed by atoms with E-state index in [1.54, 1.807) is 31.2 Å². The van der Waals surface area contributed by atoms with Crippen molar-refractivity contribution in [3.8, 4) is 5.75 Å². The van der Waals surface area contributed by atoms with Gasteiger partial charge >= 0.3 is 0 Å². The highest BCUT2D eigenvalue weighted by atomic mass is 16.5. The summed E-state index contributed by atoms with van der Waals surface area (Å²) in [5, 5.41) is 29.6. The molecule has 5 heteroatoms. The number of nitrogens with zero attached hydrogens (tertiary/aromatic N) is 1. The lowest BCUT2D eigenvalue weighted by Crippen LogP contribution is -2.21. The van der Waals surface area contributed by atoms with Crippen molar-refractivity contribution < 1.29 is 20.2 Å². The Labute approximate surface area is 93.6 Å². The van der Waals surface area contributed by atoms with E-state index in [0.29, 0.717) is 17.0 Å². The molecule has 16 heavy (non-hydrogen) atoms. The van der Waals surface area contributed by atoms with Gasteiger partial charge < -0.3 is 20.2 Å². The minimum Gasteiger partial charge on any atom is -0.490 e. The van der Waals surface area contributed by atoms with E-state index in [4.69, 9.17) is 20.2 Å². The first-order valence-electron chi connectivity index (χ1n) is 4.88. The Balaban J connectivity index is 2.79. The fraction of sp³-hybridized carbons (Fsp3) is 0.364. The Morgan fingerprint density at radius 3 is 2.75 bits per heavy atom. The molecule has 0 heterocycles. The highest BCUT2D eigenvalue weighted by molar-refractivity contribution is 6.00. The summed E-state index contributed by atoms with van der Waals surface area (Å²) in [4.78, 5) is 0. The van der Waals surface area contributed by atoms with Crippen LogP contribution in [0.2, 0.25) is 0 Å². The minimum absolute atomic E-state index is 0.00772. The van der Waals surface area contributed by atoms with Crippen molar-refractivity contribution in [1.29, 1.82) is 0 Å². The molecule has 0 fully saturated rings. The molecule has 3 N–H and O–H groups in total. The van der Waals surface area contributed by atoms with Crippen LogP contribution >= 0.6 is 0 Å². The summed E-state index contributed by atoms with van der Waals surface area (Å²) in [6.07, 6.45) is -0.917. The molecule has 1 aromatic carbocycles. The maximum Gasteiger partial charge on any atom is 0.128 e. The van der Waals surface area contributed by atoms with E-state index in [0.717, 1.165) is 0 Å². The number of oxime groups is 1. The van der Waals surface area contributed by atoms with E-state index >= 15 is 0 Å². The molecule has 88 valence electrons. The van der Waals surface area contributed by atoms with E-state index in [1.807, 2.05) is 0 Å². The van der Waals surface area contributed by atoms with Crippen molar-refractivity contribution in [3.05, 3.63) is 29.8 Å². The first kappa shape index (κ1) is 12.5. The lowest BCUT2D eigenvalue weighted by Gasteiger charge is -2.12. The number of aliphatic hydroxyl groups is 2. The Morgan fingerprint density at radius 1 is 1.44 bits per heavy atom. The molecule has 0 radical (unpaired) electrons. The highest BCUT2D eigenvalue weighted by Crippen LogP contribution is 2.18. The van der Waals surface area contributed by atoms with E-state index in [1.165, 1.54) is 0 Å². The smallest absolute Gasteiger partial charge is 0.128 e. The van der Waals surface area contributed by atoms with Crippen LogP contribution in [0.4, 0.5) is 0 Å². The van der Waals surface area contributed by atoms with E-state index in [2.05, 4.69) is 5.16 Å². The van der Waals surface area contributed by atoms with Gasteiger partial charge in [-0.3, -0.25) is 0 Å². The summed E-state index contributed by atoms with van der Waals surface area (Å²) in [7, 11) is 0. The van der Waals surface area contributed by atoms with Gasteiger partial charge in [-0.25, -0.2) is 0 Å². The quantitative estimate of drug-likeness (QED) is 0.389. The van der Waals surface area contributed by atoms with Gasteiger partial charge in [0.25, 0.3) is 0 Å². The van der Waals surface area contributed by atoms with Crippen LogP contribution in [0.5, 0.6) is 5.75 Å². The van der Waals surface area contributed by atoms with Crippen LogP contribution in [-0.2, 0) is 0 Å². The summed E-state index contributed by atoms with van der Waals surface area (Å²) in [6.45, 7) is 1.28. The maximum atomic E-state index is 9.15. The highest BCUT2D eigenvalue weighted by Gasteiger charge is 2.08. The van der Waals surface area contributed by atoms with Gasteiger partial charge in [0, 0.05) is 5.56 Å². The summed E-state index contributed by atoms with van der Waals surface area (Å²) in [5.41, 5.74) is 1.07. The van der Waals surface area contributed by atoms with Gasteiger partial charge in [0.2, 0.25) is 0 Å². The van der Waals surface area contributed by atoms with Crippen molar-refractivity contribution in [2.45, 2.75) is 13.0 Å². The molecule has 0 aliphatic heterocycles. The fourth-order valence-corrected chi connectivity index (χ4v) is 1.18. The first-order valence-corrected chi connectivity index (χ1v) is 4.88. The largest absolute Gasteiger partial charge is 0.490 e. The van der Waals surface area contributed by atoms with Gasteiger partial charge in [-0.2, -0.15) is 0 Å². The number of para-hydroxylation sites is 1. The van der Waals surface area contributed by atoms with Gasteiger partial charge in [0.15, 0.2) is 0 Å².